The maximum Gasteiger partial charge on any atom is 0.187 e. The minimum atomic E-state index is -0.0192. The fraction of sp³-hybridized carbons (Fsp3) is 0.316. The van der Waals surface area contributed by atoms with Gasteiger partial charge in [0.1, 0.15) is 5.69 Å². The average Bonchev–Trinajstić information content (AvgIpc) is 2.86. The van der Waals surface area contributed by atoms with Crippen molar-refractivity contribution in [2.24, 2.45) is 4.99 Å². The number of nitrogens with zero attached hydrogens (tertiary/aromatic N) is 2. The van der Waals surface area contributed by atoms with Gasteiger partial charge in [0.15, 0.2) is 17.3 Å². The molecule has 0 amide bonds. The Kier molecular flexibility index (Phi) is 3.99. The third-order valence-corrected chi connectivity index (χ3v) is 4.25. The van der Waals surface area contributed by atoms with Crippen LogP contribution < -0.4 is 9.47 Å². The number of carbonyl (C=O) groups excluding carboxylic acids is 1. The fourth-order valence-electron chi connectivity index (χ4n) is 3.04. The fourth-order valence-corrected chi connectivity index (χ4v) is 3.04. The average molecular weight is 322 g/mol. The summed E-state index contributed by atoms with van der Waals surface area (Å²) in [5.74, 6) is 1.52. The van der Waals surface area contributed by atoms with Gasteiger partial charge in [0.25, 0.3) is 0 Å². The number of ketones is 1. The van der Waals surface area contributed by atoms with Crippen LogP contribution in [0.25, 0.3) is 0 Å². The Morgan fingerprint density at radius 1 is 1.12 bits per heavy atom. The molecule has 0 fully saturated rings. The van der Waals surface area contributed by atoms with E-state index in [1.807, 2.05) is 18.2 Å². The Morgan fingerprint density at radius 3 is 2.75 bits per heavy atom. The van der Waals surface area contributed by atoms with Crippen LogP contribution in [0.3, 0.4) is 0 Å². The minimum absolute atomic E-state index is 0.0192. The van der Waals surface area contributed by atoms with E-state index in [1.165, 1.54) is 0 Å². The highest BCUT2D eigenvalue weighted by Crippen LogP contribution is 2.35. The van der Waals surface area contributed by atoms with E-state index in [4.69, 9.17) is 9.47 Å². The lowest BCUT2D eigenvalue weighted by Gasteiger charge is -2.19. The van der Waals surface area contributed by atoms with E-state index in [-0.39, 0.29) is 12.2 Å². The molecular formula is C19H18N2O3. The molecule has 0 aliphatic carbocycles. The Morgan fingerprint density at radius 2 is 1.96 bits per heavy atom. The monoisotopic (exact) mass is 322 g/mol. The third kappa shape index (κ3) is 2.89. The molecule has 2 aliphatic heterocycles. The molecule has 122 valence electrons. The molecule has 2 aromatic rings. The van der Waals surface area contributed by atoms with Crippen molar-refractivity contribution in [3.63, 3.8) is 0 Å². The van der Waals surface area contributed by atoms with Gasteiger partial charge < -0.3 is 9.47 Å². The number of fused-ring (bicyclic) bond motifs is 2. The predicted molar refractivity (Wildman–Crippen MR) is 90.3 cm³/mol. The van der Waals surface area contributed by atoms with Crippen LogP contribution in [0.15, 0.2) is 41.5 Å². The first kappa shape index (κ1) is 14.9. The van der Waals surface area contributed by atoms with E-state index in [0.717, 1.165) is 41.2 Å². The molecular weight excluding hydrogens is 304 g/mol. The van der Waals surface area contributed by atoms with Crippen LogP contribution in [-0.2, 0) is 6.42 Å². The second-order valence-electron chi connectivity index (χ2n) is 5.90. The molecule has 5 nitrogen and oxygen atoms in total. The predicted octanol–water partition coefficient (Wildman–Crippen LogP) is 2.86. The number of Topliss-reactive ketones (excluding diaryl/α,β-unsaturated/α-hetero) is 1. The standard InChI is InChI=1S/C19H18N2O3/c22-17(15-4-1-2-6-20-15)12-16-14-11-19-18(23-8-3-9-24-19)10-13(14)5-7-21-16/h1-2,4,6,10-11H,3,5,7-9,12H2. The molecule has 3 heterocycles. The minimum Gasteiger partial charge on any atom is -0.490 e. The van der Waals surface area contributed by atoms with Gasteiger partial charge in [-0.3, -0.25) is 14.8 Å². The molecule has 1 aromatic carbocycles. The summed E-state index contributed by atoms with van der Waals surface area (Å²) in [4.78, 5) is 21.2. The maximum absolute atomic E-state index is 12.5. The lowest BCUT2D eigenvalue weighted by Crippen LogP contribution is -2.18. The van der Waals surface area contributed by atoms with Gasteiger partial charge in [0.05, 0.1) is 25.3 Å². The number of ether oxygens (including phenoxy) is 2. The lowest BCUT2D eigenvalue weighted by molar-refractivity contribution is 0.0996. The summed E-state index contributed by atoms with van der Waals surface area (Å²) in [6, 6.07) is 9.37. The highest BCUT2D eigenvalue weighted by Gasteiger charge is 2.22. The number of pyridine rings is 1. The largest absolute Gasteiger partial charge is 0.490 e. The van der Waals surface area contributed by atoms with E-state index in [0.29, 0.717) is 25.5 Å². The zero-order valence-electron chi connectivity index (χ0n) is 13.3. The molecule has 2 aliphatic rings. The molecule has 0 atom stereocenters. The summed E-state index contributed by atoms with van der Waals surface area (Å²) in [6.45, 7) is 2.01. The summed E-state index contributed by atoms with van der Waals surface area (Å²) in [7, 11) is 0. The smallest absolute Gasteiger partial charge is 0.187 e. The van der Waals surface area contributed by atoms with Gasteiger partial charge in [-0.25, -0.2) is 0 Å². The number of aliphatic imine (C=N–C) groups is 1. The topological polar surface area (TPSA) is 60.8 Å². The maximum atomic E-state index is 12.5. The number of aromatic nitrogens is 1. The van der Waals surface area contributed by atoms with E-state index < -0.39 is 0 Å². The zero-order chi connectivity index (χ0) is 16.4. The molecule has 4 rings (SSSR count). The molecule has 0 saturated carbocycles. The first-order valence-corrected chi connectivity index (χ1v) is 8.22. The number of hydrogen-bond acceptors (Lipinski definition) is 5. The molecule has 24 heavy (non-hydrogen) atoms. The van der Waals surface area contributed by atoms with Crippen molar-refractivity contribution >= 4 is 11.5 Å². The van der Waals surface area contributed by atoms with E-state index >= 15 is 0 Å². The molecule has 0 unspecified atom stereocenters. The van der Waals surface area contributed by atoms with Gasteiger partial charge >= 0.3 is 0 Å². The Labute approximate surface area is 140 Å². The van der Waals surface area contributed by atoms with Gasteiger partial charge in [-0.2, -0.15) is 0 Å². The van der Waals surface area contributed by atoms with Crippen molar-refractivity contribution in [1.82, 2.24) is 4.98 Å². The van der Waals surface area contributed by atoms with Crippen LogP contribution in [0.4, 0.5) is 0 Å². The third-order valence-electron chi connectivity index (χ3n) is 4.25. The van der Waals surface area contributed by atoms with Crippen molar-refractivity contribution in [3.8, 4) is 11.5 Å². The van der Waals surface area contributed by atoms with Gasteiger partial charge in [0.2, 0.25) is 0 Å². The number of benzene rings is 1. The number of carbonyl (C=O) groups is 1. The molecule has 0 saturated heterocycles. The van der Waals surface area contributed by atoms with Crippen LogP contribution in [0, 0.1) is 0 Å². The van der Waals surface area contributed by atoms with Crippen molar-refractivity contribution in [1.29, 1.82) is 0 Å². The number of rotatable bonds is 3. The van der Waals surface area contributed by atoms with Crippen molar-refractivity contribution < 1.29 is 14.3 Å². The molecule has 5 heteroatoms. The molecule has 0 N–H and O–H groups in total. The van der Waals surface area contributed by atoms with Gasteiger partial charge in [0, 0.05) is 24.7 Å². The molecule has 0 radical (unpaired) electrons. The van der Waals surface area contributed by atoms with Gasteiger partial charge in [-0.05, 0) is 36.2 Å². The SMILES string of the molecule is O=C(CC1=NCCc2cc3c(cc21)OCCCO3)c1ccccn1. The second kappa shape index (κ2) is 6.43. The second-order valence-corrected chi connectivity index (χ2v) is 5.90. The van der Waals surface area contributed by atoms with Gasteiger partial charge in [-0.1, -0.05) is 6.07 Å². The van der Waals surface area contributed by atoms with Crippen LogP contribution in [0.2, 0.25) is 0 Å². The van der Waals surface area contributed by atoms with E-state index in [9.17, 15) is 4.79 Å². The van der Waals surface area contributed by atoms with Crippen molar-refractivity contribution in [2.75, 3.05) is 19.8 Å². The first-order valence-electron chi connectivity index (χ1n) is 8.22. The highest BCUT2D eigenvalue weighted by atomic mass is 16.5. The Hall–Kier alpha value is -2.69. The number of hydrogen-bond donors (Lipinski definition) is 0. The lowest BCUT2D eigenvalue weighted by atomic mass is 9.93. The van der Waals surface area contributed by atoms with Crippen LogP contribution in [-0.4, -0.2) is 36.2 Å². The summed E-state index contributed by atoms with van der Waals surface area (Å²) < 4.78 is 11.5. The normalized spacial score (nSPS) is 15.9. The summed E-state index contributed by atoms with van der Waals surface area (Å²) in [5.41, 5.74) is 3.44. The van der Waals surface area contributed by atoms with Crippen molar-refractivity contribution in [2.45, 2.75) is 19.3 Å². The van der Waals surface area contributed by atoms with Crippen LogP contribution in [0.1, 0.15) is 34.5 Å². The summed E-state index contributed by atoms with van der Waals surface area (Å²) in [5, 5.41) is 0. The molecule has 0 spiro atoms. The van der Waals surface area contributed by atoms with Crippen molar-refractivity contribution in [3.05, 3.63) is 53.3 Å². The summed E-state index contributed by atoms with van der Waals surface area (Å²) in [6.07, 6.45) is 3.62. The van der Waals surface area contributed by atoms with Gasteiger partial charge in [-0.15, -0.1) is 0 Å². The summed E-state index contributed by atoms with van der Waals surface area (Å²) >= 11 is 0. The van der Waals surface area contributed by atoms with E-state index in [2.05, 4.69) is 9.98 Å². The quantitative estimate of drug-likeness (QED) is 0.815. The first-order chi connectivity index (χ1) is 11.8. The molecule has 1 aromatic heterocycles. The van der Waals surface area contributed by atoms with E-state index in [1.54, 1.807) is 18.3 Å². The van der Waals surface area contributed by atoms with Crippen LogP contribution >= 0.6 is 0 Å². The Bertz CT molecular complexity index is 800. The van der Waals surface area contributed by atoms with Crippen LogP contribution in [0.5, 0.6) is 11.5 Å². The Balaban J connectivity index is 1.64. The zero-order valence-corrected chi connectivity index (χ0v) is 13.3. The molecule has 0 bridgehead atoms. The highest BCUT2D eigenvalue weighted by molar-refractivity contribution is 6.16.